The molecule has 0 aromatic rings. The van der Waals surface area contributed by atoms with Gasteiger partial charge in [0, 0.05) is 18.9 Å². The molecule has 0 aromatic heterocycles. The smallest absolute Gasteiger partial charge is 0.330 e. The van der Waals surface area contributed by atoms with E-state index in [1.54, 1.807) is 13.0 Å². The number of carbonyl (C=O) groups is 3. The Morgan fingerprint density at radius 3 is 2.44 bits per heavy atom. The average Bonchev–Trinajstić information content (AvgIpc) is 3.08. The molecule has 4 saturated carbocycles. The first kappa shape index (κ1) is 30.2. The first-order chi connectivity index (χ1) is 19.0. The Morgan fingerprint density at radius 2 is 1.83 bits per heavy atom. The number of methoxy groups -OCH3 is 1. The molecule has 0 radical (unpaired) electrons. The molecule has 5 aliphatic rings. The van der Waals surface area contributed by atoms with Crippen LogP contribution in [0.5, 0.6) is 0 Å². The topological polar surface area (TPSA) is 140 Å². The fourth-order valence-corrected chi connectivity index (χ4v) is 10.8. The summed E-state index contributed by atoms with van der Waals surface area (Å²) in [7, 11) is 1.34. The summed E-state index contributed by atoms with van der Waals surface area (Å²) in [6, 6.07) is 0. The zero-order valence-electron chi connectivity index (χ0n) is 25.2. The van der Waals surface area contributed by atoms with E-state index in [0.717, 1.165) is 12.0 Å². The van der Waals surface area contributed by atoms with Gasteiger partial charge in [0.25, 0.3) is 0 Å². The second-order valence-corrected chi connectivity index (χ2v) is 14.4. The number of ether oxygens (including phenoxy) is 3. The van der Waals surface area contributed by atoms with E-state index in [-0.39, 0.29) is 19.4 Å². The molecule has 0 spiro atoms. The average molecular weight is 575 g/mol. The highest BCUT2D eigenvalue weighted by Gasteiger charge is 2.82. The summed E-state index contributed by atoms with van der Waals surface area (Å²) in [5, 5.41) is 36.4. The predicted molar refractivity (Wildman–Crippen MR) is 148 cm³/mol. The first-order valence-electron chi connectivity index (χ1n) is 14.9. The van der Waals surface area contributed by atoms with Crippen LogP contribution in [0.25, 0.3) is 0 Å². The van der Waals surface area contributed by atoms with Gasteiger partial charge in [-0.2, -0.15) is 0 Å². The molecule has 0 amide bonds. The normalized spacial score (nSPS) is 49.7. The Morgan fingerprint density at radius 1 is 1.15 bits per heavy atom. The molecule has 4 fully saturated rings. The standard InChI is InChI=1S/C32H46O9/c1-18-10-11-27(4)12-14-29(6)24-23(41-20(3)34)25(36)30(19(2)33)17-40-22(35)9-8-21(30)28(24,5)13-15-31(29,26(37)39-7)32(27,38)16-18/h8-9,19,21,23-25,33,36,38H,1,10-17H2,2-7H3/t19-,21+,23+,24+,25+,27-,28+,29-,30-,31+,32+/m1/s1. The van der Waals surface area contributed by atoms with E-state index in [1.165, 1.54) is 20.1 Å². The third-order valence-corrected chi connectivity index (χ3v) is 12.8. The van der Waals surface area contributed by atoms with E-state index in [0.29, 0.717) is 25.7 Å². The molecular formula is C32H46O9. The van der Waals surface area contributed by atoms with Crippen molar-refractivity contribution in [3.05, 3.63) is 24.3 Å². The fourth-order valence-electron chi connectivity index (χ4n) is 10.8. The van der Waals surface area contributed by atoms with Gasteiger partial charge >= 0.3 is 17.9 Å². The van der Waals surface area contributed by atoms with Crippen LogP contribution in [0.1, 0.15) is 79.6 Å². The van der Waals surface area contributed by atoms with Crippen LogP contribution in [0.2, 0.25) is 0 Å². The summed E-state index contributed by atoms with van der Waals surface area (Å²) < 4.78 is 17.0. The number of fused-ring (bicyclic) bond motifs is 7. The third-order valence-electron chi connectivity index (χ3n) is 12.8. The van der Waals surface area contributed by atoms with Gasteiger partial charge in [0.2, 0.25) is 0 Å². The molecule has 0 aromatic carbocycles. The molecule has 4 aliphatic carbocycles. The molecule has 1 heterocycles. The Labute approximate surface area is 242 Å². The lowest BCUT2D eigenvalue weighted by molar-refractivity contribution is -0.337. The molecule has 9 heteroatoms. The summed E-state index contributed by atoms with van der Waals surface area (Å²) in [6.07, 6.45) is 2.86. The molecule has 0 saturated heterocycles. The number of hydrogen-bond acceptors (Lipinski definition) is 9. The Bertz CT molecular complexity index is 1190. The molecule has 3 N–H and O–H groups in total. The summed E-state index contributed by atoms with van der Waals surface area (Å²) >= 11 is 0. The van der Waals surface area contributed by atoms with Crippen molar-refractivity contribution in [2.24, 2.45) is 38.9 Å². The number of allylic oxidation sites excluding steroid dienone is 1. The van der Waals surface area contributed by atoms with Crippen LogP contribution in [0.15, 0.2) is 24.3 Å². The van der Waals surface area contributed by atoms with E-state index < -0.39 is 80.7 Å². The number of esters is 3. The van der Waals surface area contributed by atoms with E-state index >= 15 is 0 Å². The maximum atomic E-state index is 14.3. The second-order valence-electron chi connectivity index (χ2n) is 14.4. The minimum absolute atomic E-state index is 0.252. The van der Waals surface area contributed by atoms with Crippen molar-refractivity contribution in [1.29, 1.82) is 0 Å². The third kappa shape index (κ3) is 3.54. The van der Waals surface area contributed by atoms with Crippen LogP contribution >= 0.6 is 0 Å². The monoisotopic (exact) mass is 574 g/mol. The zero-order valence-corrected chi connectivity index (χ0v) is 25.2. The van der Waals surface area contributed by atoms with Gasteiger partial charge in [0.15, 0.2) is 0 Å². The number of carbonyl (C=O) groups excluding carboxylic acids is 3. The first-order valence-corrected chi connectivity index (χ1v) is 14.9. The Kier molecular flexibility index (Phi) is 6.92. The molecule has 0 unspecified atom stereocenters. The van der Waals surface area contributed by atoms with Gasteiger partial charge in [-0.15, -0.1) is 0 Å². The quantitative estimate of drug-likeness (QED) is 0.263. The molecule has 9 nitrogen and oxygen atoms in total. The molecule has 1 aliphatic heterocycles. The Hall–Kier alpha value is -2.23. The highest BCUT2D eigenvalue weighted by atomic mass is 16.6. The molecule has 228 valence electrons. The lowest BCUT2D eigenvalue weighted by Crippen LogP contribution is -2.80. The van der Waals surface area contributed by atoms with Crippen molar-refractivity contribution < 1.29 is 43.9 Å². The lowest BCUT2D eigenvalue weighted by atomic mass is 9.29. The number of cyclic esters (lactones) is 1. The van der Waals surface area contributed by atoms with E-state index in [9.17, 15) is 29.7 Å². The predicted octanol–water partition coefficient (Wildman–Crippen LogP) is 3.24. The van der Waals surface area contributed by atoms with E-state index in [2.05, 4.69) is 6.58 Å². The van der Waals surface area contributed by atoms with Gasteiger partial charge in [-0.25, -0.2) is 4.79 Å². The highest BCUT2D eigenvalue weighted by Crippen LogP contribution is 2.78. The number of hydrogen-bond donors (Lipinski definition) is 3. The van der Waals surface area contributed by atoms with Crippen molar-refractivity contribution in [2.45, 2.75) is 103 Å². The van der Waals surface area contributed by atoms with Crippen LogP contribution < -0.4 is 0 Å². The van der Waals surface area contributed by atoms with Gasteiger partial charge in [-0.05, 0) is 74.0 Å². The summed E-state index contributed by atoms with van der Waals surface area (Å²) in [4.78, 5) is 39.4. The largest absolute Gasteiger partial charge is 0.468 e. The number of aliphatic hydroxyl groups excluding tert-OH is 2. The minimum Gasteiger partial charge on any atom is -0.468 e. The van der Waals surface area contributed by atoms with E-state index in [1.807, 2.05) is 20.8 Å². The van der Waals surface area contributed by atoms with Crippen LogP contribution in [0, 0.1) is 38.9 Å². The molecule has 11 atom stereocenters. The van der Waals surface area contributed by atoms with Crippen molar-refractivity contribution in [3.63, 3.8) is 0 Å². The molecule has 0 bridgehead atoms. The molecule has 41 heavy (non-hydrogen) atoms. The van der Waals surface area contributed by atoms with Gasteiger partial charge in [0.05, 0.1) is 24.2 Å². The summed E-state index contributed by atoms with van der Waals surface area (Å²) in [6.45, 7) is 12.8. The van der Waals surface area contributed by atoms with Gasteiger partial charge in [-0.1, -0.05) is 39.0 Å². The Balaban J connectivity index is 1.81. The summed E-state index contributed by atoms with van der Waals surface area (Å²) in [5.41, 5.74) is -5.72. The zero-order chi connectivity index (χ0) is 30.4. The van der Waals surface area contributed by atoms with Gasteiger partial charge < -0.3 is 29.5 Å². The molecular weight excluding hydrogens is 528 g/mol. The number of aliphatic hydroxyl groups is 3. The van der Waals surface area contributed by atoms with Crippen LogP contribution in [0.3, 0.4) is 0 Å². The fraction of sp³-hybridized carbons (Fsp3) is 0.781. The van der Waals surface area contributed by atoms with Crippen LogP contribution in [-0.4, -0.2) is 70.9 Å². The lowest BCUT2D eigenvalue weighted by Gasteiger charge is -2.75. The van der Waals surface area contributed by atoms with Crippen LogP contribution in [-0.2, 0) is 28.6 Å². The van der Waals surface area contributed by atoms with Crippen molar-refractivity contribution in [2.75, 3.05) is 13.7 Å². The summed E-state index contributed by atoms with van der Waals surface area (Å²) in [5.74, 6) is -2.90. The van der Waals surface area contributed by atoms with Gasteiger partial charge in [0.1, 0.15) is 24.2 Å². The molecule has 5 rings (SSSR count). The SMILES string of the molecule is C=C1CC[C@]2(C)CC[C@]3(C)[C@H]4[C@H](OC(C)=O)[C@H](O)[C@@]5([C@@H](C)O)COC(=O)C=C[C@H]5[C@]4(C)CC[C@@]3(C(=O)OC)[C@]2(O)C1. The van der Waals surface area contributed by atoms with Crippen molar-refractivity contribution in [3.8, 4) is 0 Å². The van der Waals surface area contributed by atoms with E-state index in [4.69, 9.17) is 14.2 Å². The maximum absolute atomic E-state index is 14.3. The minimum atomic E-state index is -1.49. The maximum Gasteiger partial charge on any atom is 0.330 e. The van der Waals surface area contributed by atoms with Crippen molar-refractivity contribution in [1.82, 2.24) is 0 Å². The van der Waals surface area contributed by atoms with Crippen LogP contribution in [0.4, 0.5) is 0 Å². The number of rotatable bonds is 3. The van der Waals surface area contributed by atoms with Crippen molar-refractivity contribution >= 4 is 17.9 Å². The second kappa shape index (κ2) is 9.38. The van der Waals surface area contributed by atoms with Gasteiger partial charge in [-0.3, -0.25) is 9.59 Å². The highest BCUT2D eigenvalue weighted by molar-refractivity contribution is 5.83.